The number of nitrogens with zero attached hydrogens (tertiary/aromatic N) is 1. The van der Waals surface area contributed by atoms with Gasteiger partial charge in [-0.1, -0.05) is 12.1 Å². The van der Waals surface area contributed by atoms with Gasteiger partial charge in [0.2, 0.25) is 5.91 Å². The lowest BCUT2D eigenvalue weighted by atomic mass is 9.94. The number of carbonyl (C=O) groups is 1. The molecule has 0 radical (unpaired) electrons. The van der Waals surface area contributed by atoms with Crippen LogP contribution in [0.5, 0.6) is 0 Å². The van der Waals surface area contributed by atoms with E-state index in [1.54, 1.807) is 17.0 Å². The maximum atomic E-state index is 12.7. The average Bonchev–Trinajstić information content (AvgIpc) is 2.65. The van der Waals surface area contributed by atoms with Crippen LogP contribution in [0.1, 0.15) is 18.9 Å². The van der Waals surface area contributed by atoms with Crippen LogP contribution >= 0.6 is 0 Å². The number of rotatable bonds is 2. The third-order valence-corrected chi connectivity index (χ3v) is 3.22. The molecule has 2 rings (SSSR count). The first-order valence-corrected chi connectivity index (χ1v) is 5.71. The summed E-state index contributed by atoms with van der Waals surface area (Å²) in [5.74, 6) is -0.294. The largest absolute Gasteiger partial charge is 0.388 e. The van der Waals surface area contributed by atoms with Crippen molar-refractivity contribution >= 4 is 5.91 Å². The van der Waals surface area contributed by atoms with Crippen LogP contribution in [-0.2, 0) is 11.2 Å². The van der Waals surface area contributed by atoms with E-state index in [1.807, 2.05) is 0 Å². The lowest BCUT2D eigenvalue weighted by Crippen LogP contribution is -2.36. The highest BCUT2D eigenvalue weighted by Crippen LogP contribution is 2.25. The third kappa shape index (κ3) is 2.82. The van der Waals surface area contributed by atoms with Gasteiger partial charge in [0.05, 0.1) is 5.60 Å². The smallest absolute Gasteiger partial charge is 0.219 e. The van der Waals surface area contributed by atoms with Crippen molar-refractivity contribution in [3.8, 4) is 0 Å². The second kappa shape index (κ2) is 4.45. The lowest BCUT2D eigenvalue weighted by molar-refractivity contribution is -0.128. The third-order valence-electron chi connectivity index (χ3n) is 3.22. The van der Waals surface area contributed by atoms with Crippen LogP contribution in [0.2, 0.25) is 0 Å². The zero-order valence-corrected chi connectivity index (χ0v) is 9.82. The molecule has 1 saturated heterocycles. The molecule has 92 valence electrons. The molecule has 1 amide bonds. The van der Waals surface area contributed by atoms with Crippen molar-refractivity contribution in [2.45, 2.75) is 25.4 Å². The lowest BCUT2D eigenvalue weighted by Gasteiger charge is -2.23. The van der Waals surface area contributed by atoms with E-state index < -0.39 is 5.60 Å². The molecule has 1 aromatic rings. The summed E-state index contributed by atoms with van der Waals surface area (Å²) in [5.41, 5.74) is 0.0167. The molecule has 0 bridgehead atoms. The molecule has 4 heteroatoms. The van der Waals surface area contributed by atoms with E-state index >= 15 is 0 Å². The van der Waals surface area contributed by atoms with Crippen molar-refractivity contribution in [3.63, 3.8) is 0 Å². The number of β-amino-alcohol motifs (C(OH)–C–C–N with tert-alkyl or cyclic N) is 1. The zero-order valence-electron chi connectivity index (χ0n) is 9.82. The molecule has 0 aliphatic carbocycles. The first-order valence-electron chi connectivity index (χ1n) is 5.71. The normalized spacial score (nSPS) is 24.1. The Bertz CT molecular complexity index is 418. The highest BCUT2D eigenvalue weighted by atomic mass is 19.1. The Morgan fingerprint density at radius 1 is 1.47 bits per heavy atom. The number of hydrogen-bond acceptors (Lipinski definition) is 2. The summed E-state index contributed by atoms with van der Waals surface area (Å²) >= 11 is 0. The predicted molar refractivity (Wildman–Crippen MR) is 61.9 cm³/mol. The van der Waals surface area contributed by atoms with E-state index in [1.165, 1.54) is 19.1 Å². The van der Waals surface area contributed by atoms with Gasteiger partial charge in [0.15, 0.2) is 0 Å². The second-order valence-corrected chi connectivity index (χ2v) is 4.72. The molecule has 1 atom stereocenters. The molecule has 1 N–H and O–H groups in total. The summed E-state index contributed by atoms with van der Waals surface area (Å²) < 4.78 is 12.7. The van der Waals surface area contributed by atoms with Crippen molar-refractivity contribution in [2.24, 2.45) is 0 Å². The number of hydrogen-bond donors (Lipinski definition) is 1. The summed E-state index contributed by atoms with van der Waals surface area (Å²) in [7, 11) is 0. The Balaban J connectivity index is 2.04. The molecule has 1 aliphatic rings. The average molecular weight is 237 g/mol. The van der Waals surface area contributed by atoms with Gasteiger partial charge in [0.25, 0.3) is 0 Å². The van der Waals surface area contributed by atoms with Gasteiger partial charge in [-0.25, -0.2) is 4.39 Å². The fraction of sp³-hybridized carbons (Fsp3) is 0.462. The molecular formula is C13H16FNO2. The minimum atomic E-state index is -0.872. The molecule has 1 unspecified atom stereocenters. The number of benzene rings is 1. The molecule has 1 aliphatic heterocycles. The Hall–Kier alpha value is -1.42. The highest BCUT2D eigenvalue weighted by Gasteiger charge is 2.37. The molecule has 1 heterocycles. The Morgan fingerprint density at radius 3 is 2.65 bits per heavy atom. The fourth-order valence-electron chi connectivity index (χ4n) is 2.25. The van der Waals surface area contributed by atoms with Gasteiger partial charge in [0.1, 0.15) is 5.82 Å². The van der Waals surface area contributed by atoms with Crippen molar-refractivity contribution in [3.05, 3.63) is 35.6 Å². The molecule has 0 saturated carbocycles. The molecule has 17 heavy (non-hydrogen) atoms. The first-order chi connectivity index (χ1) is 7.98. The molecule has 1 aromatic carbocycles. The number of amides is 1. The molecule has 1 fully saturated rings. The van der Waals surface area contributed by atoms with E-state index in [4.69, 9.17) is 0 Å². The summed E-state index contributed by atoms with van der Waals surface area (Å²) in [6.45, 7) is 2.45. The topological polar surface area (TPSA) is 40.5 Å². The van der Waals surface area contributed by atoms with Crippen LogP contribution in [0, 0.1) is 5.82 Å². The standard InChI is InChI=1S/C13H16FNO2/c1-10(16)15-7-6-13(17,9-15)8-11-2-4-12(14)5-3-11/h2-5,17H,6-9H2,1H3. The van der Waals surface area contributed by atoms with Gasteiger partial charge in [-0.3, -0.25) is 4.79 Å². The summed E-state index contributed by atoms with van der Waals surface area (Å²) in [5, 5.41) is 10.3. The minimum absolute atomic E-state index is 0.0139. The van der Waals surface area contributed by atoms with E-state index in [9.17, 15) is 14.3 Å². The van der Waals surface area contributed by atoms with Gasteiger partial charge < -0.3 is 10.0 Å². The van der Waals surface area contributed by atoms with E-state index in [0.717, 1.165) is 5.56 Å². The number of carbonyl (C=O) groups excluding carboxylic acids is 1. The number of aliphatic hydroxyl groups is 1. The zero-order chi connectivity index (χ0) is 12.5. The van der Waals surface area contributed by atoms with Crippen LogP contribution in [0.4, 0.5) is 4.39 Å². The number of likely N-dealkylation sites (tertiary alicyclic amines) is 1. The van der Waals surface area contributed by atoms with Gasteiger partial charge in [0, 0.05) is 26.4 Å². The predicted octanol–water partition coefficient (Wildman–Crippen LogP) is 1.35. The summed E-state index contributed by atoms with van der Waals surface area (Å²) in [4.78, 5) is 12.8. The van der Waals surface area contributed by atoms with Crippen molar-refractivity contribution in [1.29, 1.82) is 0 Å². The fourth-order valence-corrected chi connectivity index (χ4v) is 2.25. The monoisotopic (exact) mass is 237 g/mol. The van der Waals surface area contributed by atoms with E-state index in [0.29, 0.717) is 25.9 Å². The minimum Gasteiger partial charge on any atom is -0.388 e. The molecule has 3 nitrogen and oxygen atoms in total. The highest BCUT2D eigenvalue weighted by molar-refractivity contribution is 5.73. The second-order valence-electron chi connectivity index (χ2n) is 4.72. The molecule has 0 aromatic heterocycles. The SMILES string of the molecule is CC(=O)N1CCC(O)(Cc2ccc(F)cc2)C1. The van der Waals surface area contributed by atoms with Gasteiger partial charge in [-0.2, -0.15) is 0 Å². The van der Waals surface area contributed by atoms with Gasteiger partial charge in [-0.15, -0.1) is 0 Å². The van der Waals surface area contributed by atoms with E-state index in [2.05, 4.69) is 0 Å². The number of halogens is 1. The first kappa shape index (κ1) is 12.0. The van der Waals surface area contributed by atoms with Crippen LogP contribution in [0.25, 0.3) is 0 Å². The Morgan fingerprint density at radius 2 is 2.12 bits per heavy atom. The quantitative estimate of drug-likeness (QED) is 0.843. The maximum absolute atomic E-state index is 12.7. The van der Waals surface area contributed by atoms with Crippen molar-refractivity contribution < 1.29 is 14.3 Å². The van der Waals surface area contributed by atoms with Gasteiger partial charge in [-0.05, 0) is 24.1 Å². The Kier molecular flexibility index (Phi) is 3.15. The van der Waals surface area contributed by atoms with Crippen molar-refractivity contribution in [1.82, 2.24) is 4.90 Å². The Labute approximate surface area is 99.9 Å². The van der Waals surface area contributed by atoms with E-state index in [-0.39, 0.29) is 11.7 Å². The van der Waals surface area contributed by atoms with Crippen LogP contribution < -0.4 is 0 Å². The maximum Gasteiger partial charge on any atom is 0.219 e. The van der Waals surface area contributed by atoms with Gasteiger partial charge >= 0.3 is 0 Å². The summed E-state index contributed by atoms with van der Waals surface area (Å²) in [6.07, 6.45) is 1.03. The van der Waals surface area contributed by atoms with Crippen LogP contribution in [0.3, 0.4) is 0 Å². The molecule has 0 spiro atoms. The summed E-state index contributed by atoms with van der Waals surface area (Å²) in [6, 6.07) is 6.11. The van der Waals surface area contributed by atoms with Crippen LogP contribution in [-0.4, -0.2) is 34.6 Å². The van der Waals surface area contributed by atoms with Crippen molar-refractivity contribution in [2.75, 3.05) is 13.1 Å². The van der Waals surface area contributed by atoms with Crippen LogP contribution in [0.15, 0.2) is 24.3 Å². The molecular weight excluding hydrogens is 221 g/mol.